The second-order valence-electron chi connectivity index (χ2n) is 8.25. The van der Waals surface area contributed by atoms with Gasteiger partial charge in [-0.25, -0.2) is 9.97 Å². The summed E-state index contributed by atoms with van der Waals surface area (Å²) in [5, 5.41) is 0. The number of carbonyl (C=O) groups excluding carboxylic acids is 2. The van der Waals surface area contributed by atoms with Gasteiger partial charge in [0.2, 0.25) is 5.91 Å². The molecule has 0 bridgehead atoms. The van der Waals surface area contributed by atoms with E-state index in [-0.39, 0.29) is 11.8 Å². The van der Waals surface area contributed by atoms with Gasteiger partial charge in [-0.1, -0.05) is 12.1 Å². The maximum atomic E-state index is 13.8. The van der Waals surface area contributed by atoms with Crippen LogP contribution in [-0.2, 0) is 14.9 Å². The number of ether oxygens (including phenoxy) is 2. The van der Waals surface area contributed by atoms with Gasteiger partial charge in [-0.05, 0) is 43.9 Å². The number of nitrogens with zero attached hydrogens (tertiary/aromatic N) is 3. The zero-order valence-electron chi connectivity index (χ0n) is 18.0. The highest BCUT2D eigenvalue weighted by atomic mass is 16.5. The number of aromatic nitrogens is 2. The largest absolute Gasteiger partial charge is 0.497 e. The summed E-state index contributed by atoms with van der Waals surface area (Å²) in [4.78, 5) is 36.0. The Morgan fingerprint density at radius 1 is 1.23 bits per heavy atom. The molecule has 2 aromatic rings. The minimum Gasteiger partial charge on any atom is -0.497 e. The number of methoxy groups -OCH3 is 1. The monoisotopic (exact) mass is 424 g/mol. The first-order valence-electron chi connectivity index (χ1n) is 10.6. The van der Waals surface area contributed by atoms with E-state index in [4.69, 9.17) is 15.2 Å². The zero-order chi connectivity index (χ0) is 22.0. The number of primary amides is 1. The Morgan fingerprint density at radius 3 is 2.55 bits per heavy atom. The van der Waals surface area contributed by atoms with Gasteiger partial charge in [-0.15, -0.1) is 0 Å². The number of amides is 2. The van der Waals surface area contributed by atoms with E-state index in [0.717, 1.165) is 17.7 Å². The molecule has 2 fully saturated rings. The van der Waals surface area contributed by atoms with Crippen molar-refractivity contribution in [3.8, 4) is 5.75 Å². The molecule has 2 aliphatic rings. The Morgan fingerprint density at radius 2 is 1.94 bits per heavy atom. The minimum absolute atomic E-state index is 0.0392. The first-order valence-corrected chi connectivity index (χ1v) is 10.6. The minimum atomic E-state index is -0.591. The van der Waals surface area contributed by atoms with Crippen molar-refractivity contribution in [3.63, 3.8) is 0 Å². The number of carbonyl (C=O) groups is 2. The number of rotatable bonds is 5. The van der Waals surface area contributed by atoms with Crippen LogP contribution in [0.3, 0.4) is 0 Å². The van der Waals surface area contributed by atoms with Crippen molar-refractivity contribution in [2.75, 3.05) is 33.4 Å². The summed E-state index contributed by atoms with van der Waals surface area (Å²) >= 11 is 0. The van der Waals surface area contributed by atoms with Crippen LogP contribution in [0, 0.1) is 6.92 Å². The lowest BCUT2D eigenvalue weighted by molar-refractivity contribution is -0.140. The maximum absolute atomic E-state index is 13.8. The van der Waals surface area contributed by atoms with Gasteiger partial charge in [0, 0.05) is 38.4 Å². The van der Waals surface area contributed by atoms with E-state index in [2.05, 4.69) is 9.97 Å². The molecular formula is C23H28N4O4. The van der Waals surface area contributed by atoms with Crippen molar-refractivity contribution in [3.05, 3.63) is 53.1 Å². The average Bonchev–Trinajstić information content (AvgIpc) is 3.29. The van der Waals surface area contributed by atoms with Crippen molar-refractivity contribution < 1.29 is 19.1 Å². The summed E-state index contributed by atoms with van der Waals surface area (Å²) < 4.78 is 10.9. The number of aryl methyl sites for hydroxylation is 1. The highest BCUT2D eigenvalue weighted by molar-refractivity contribution is 5.93. The van der Waals surface area contributed by atoms with Gasteiger partial charge in [0.25, 0.3) is 5.91 Å². The number of hydrogen-bond acceptors (Lipinski definition) is 6. The molecule has 2 amide bonds. The molecule has 2 N–H and O–H groups in total. The molecule has 0 saturated carbocycles. The van der Waals surface area contributed by atoms with Crippen molar-refractivity contribution in [2.45, 2.75) is 37.5 Å². The summed E-state index contributed by atoms with van der Waals surface area (Å²) in [5.74, 6) is 1.06. The van der Waals surface area contributed by atoms with Crippen LogP contribution in [-0.4, -0.2) is 60.1 Å². The summed E-state index contributed by atoms with van der Waals surface area (Å²) in [6.45, 7) is 4.09. The van der Waals surface area contributed by atoms with Crippen LogP contribution in [0.25, 0.3) is 0 Å². The predicted octanol–water partition coefficient (Wildman–Crippen LogP) is 1.96. The molecule has 164 valence electrons. The molecule has 0 aliphatic carbocycles. The summed E-state index contributed by atoms with van der Waals surface area (Å²) in [6, 6.07) is 7.79. The van der Waals surface area contributed by atoms with Crippen molar-refractivity contribution in [2.24, 2.45) is 5.73 Å². The number of hydrogen-bond donors (Lipinski definition) is 1. The van der Waals surface area contributed by atoms with Crippen LogP contribution < -0.4 is 10.5 Å². The second kappa shape index (κ2) is 8.63. The molecule has 1 aromatic heterocycles. The lowest BCUT2D eigenvalue weighted by Crippen LogP contribution is -2.49. The van der Waals surface area contributed by atoms with Crippen LogP contribution in [0.1, 0.15) is 52.6 Å². The molecule has 8 heteroatoms. The summed E-state index contributed by atoms with van der Waals surface area (Å²) in [7, 11) is 1.63. The standard InChI is InChI=1S/C23H28N4O4/c1-15-19(20(24)28)13-25-21(26-15)16-7-10-27(14-16)22(29)23(8-11-31-12-9-23)17-3-5-18(30-2)6-4-17/h3-6,13,16H,7-12,14H2,1-2H3,(H2,24,28)/t16-/m0/s1. The smallest absolute Gasteiger partial charge is 0.252 e. The molecule has 1 aromatic carbocycles. The Kier molecular flexibility index (Phi) is 5.91. The third-order valence-corrected chi connectivity index (χ3v) is 6.50. The van der Waals surface area contributed by atoms with E-state index in [1.807, 2.05) is 29.2 Å². The van der Waals surface area contributed by atoms with Crippen LogP contribution in [0.2, 0.25) is 0 Å². The van der Waals surface area contributed by atoms with Crippen molar-refractivity contribution >= 4 is 11.8 Å². The fourth-order valence-corrected chi connectivity index (χ4v) is 4.64. The van der Waals surface area contributed by atoms with Crippen LogP contribution in [0.5, 0.6) is 5.75 Å². The molecule has 8 nitrogen and oxygen atoms in total. The van der Waals surface area contributed by atoms with Gasteiger partial charge in [0.15, 0.2) is 0 Å². The fraction of sp³-hybridized carbons (Fsp3) is 0.478. The van der Waals surface area contributed by atoms with E-state index >= 15 is 0 Å². The third kappa shape index (κ3) is 3.99. The quantitative estimate of drug-likeness (QED) is 0.786. The lowest BCUT2D eigenvalue weighted by atomic mass is 9.73. The summed E-state index contributed by atoms with van der Waals surface area (Å²) in [6.07, 6.45) is 3.59. The molecule has 31 heavy (non-hydrogen) atoms. The van der Waals surface area contributed by atoms with Gasteiger partial charge < -0.3 is 20.1 Å². The van der Waals surface area contributed by atoms with E-state index in [1.54, 1.807) is 14.0 Å². The zero-order valence-corrected chi connectivity index (χ0v) is 18.0. The van der Waals surface area contributed by atoms with E-state index in [9.17, 15) is 9.59 Å². The molecule has 3 heterocycles. The molecule has 0 radical (unpaired) electrons. The highest BCUT2D eigenvalue weighted by Crippen LogP contribution is 2.39. The van der Waals surface area contributed by atoms with E-state index < -0.39 is 11.3 Å². The Hall–Kier alpha value is -3.00. The van der Waals surface area contributed by atoms with E-state index in [0.29, 0.717) is 56.2 Å². The van der Waals surface area contributed by atoms with Crippen molar-refractivity contribution in [1.82, 2.24) is 14.9 Å². The van der Waals surface area contributed by atoms with Crippen molar-refractivity contribution in [1.29, 1.82) is 0 Å². The van der Waals surface area contributed by atoms with Crippen LogP contribution in [0.4, 0.5) is 0 Å². The molecule has 2 saturated heterocycles. The highest BCUT2D eigenvalue weighted by Gasteiger charge is 2.45. The third-order valence-electron chi connectivity index (χ3n) is 6.50. The SMILES string of the molecule is COc1ccc(C2(C(=O)N3CC[C@H](c4ncc(C(N)=O)c(C)n4)C3)CCOCC2)cc1. The first kappa shape index (κ1) is 21.2. The number of benzene rings is 1. The molecule has 0 unspecified atom stereocenters. The van der Waals surface area contributed by atoms with Gasteiger partial charge in [-0.3, -0.25) is 9.59 Å². The van der Waals surface area contributed by atoms with Gasteiger partial charge in [0.05, 0.1) is 23.8 Å². The van der Waals surface area contributed by atoms with Crippen LogP contribution in [0.15, 0.2) is 30.5 Å². The number of likely N-dealkylation sites (tertiary alicyclic amines) is 1. The second-order valence-corrected chi connectivity index (χ2v) is 8.25. The molecule has 1 atom stereocenters. The Bertz CT molecular complexity index is 970. The molecule has 4 rings (SSSR count). The predicted molar refractivity (Wildman–Crippen MR) is 114 cm³/mol. The summed E-state index contributed by atoms with van der Waals surface area (Å²) in [5.41, 5.74) is 6.67. The van der Waals surface area contributed by atoms with Gasteiger partial charge >= 0.3 is 0 Å². The van der Waals surface area contributed by atoms with E-state index in [1.165, 1.54) is 6.20 Å². The maximum Gasteiger partial charge on any atom is 0.252 e. The Balaban J connectivity index is 1.56. The first-order chi connectivity index (χ1) is 14.9. The fourth-order valence-electron chi connectivity index (χ4n) is 4.64. The average molecular weight is 425 g/mol. The Labute approximate surface area is 181 Å². The van der Waals surface area contributed by atoms with Gasteiger partial charge in [-0.2, -0.15) is 0 Å². The molecular weight excluding hydrogens is 396 g/mol. The lowest BCUT2D eigenvalue weighted by Gasteiger charge is -2.39. The topological polar surface area (TPSA) is 108 Å². The molecule has 2 aliphatic heterocycles. The van der Waals surface area contributed by atoms with Gasteiger partial charge in [0.1, 0.15) is 11.6 Å². The number of nitrogens with two attached hydrogens (primary N) is 1. The normalized spacial score (nSPS) is 20.5. The molecule has 0 spiro atoms. The van der Waals surface area contributed by atoms with Crippen LogP contribution >= 0.6 is 0 Å².